The van der Waals surface area contributed by atoms with Crippen molar-refractivity contribution >= 4 is 5.91 Å². The third-order valence-corrected chi connectivity index (χ3v) is 3.90. The van der Waals surface area contributed by atoms with Gasteiger partial charge >= 0.3 is 0 Å². The Kier molecular flexibility index (Phi) is 3.09. The Balaban J connectivity index is 2.01. The van der Waals surface area contributed by atoms with E-state index < -0.39 is 0 Å². The summed E-state index contributed by atoms with van der Waals surface area (Å²) in [5.41, 5.74) is 0. The number of likely N-dealkylation sites (tertiary alicyclic amines) is 1. The first kappa shape index (κ1) is 10.0. The summed E-state index contributed by atoms with van der Waals surface area (Å²) >= 11 is 0. The van der Waals surface area contributed by atoms with Crippen LogP contribution in [0.4, 0.5) is 0 Å². The molecular weight excluding hydrogens is 174 g/mol. The molecule has 0 aromatic rings. The fourth-order valence-electron chi connectivity index (χ4n) is 3.18. The quantitative estimate of drug-likeness (QED) is 0.629. The summed E-state index contributed by atoms with van der Waals surface area (Å²) in [5, 5.41) is 0. The van der Waals surface area contributed by atoms with Gasteiger partial charge < -0.3 is 4.90 Å². The van der Waals surface area contributed by atoms with Gasteiger partial charge in [0, 0.05) is 19.5 Å². The van der Waals surface area contributed by atoms with Crippen molar-refractivity contribution in [2.24, 2.45) is 5.92 Å². The van der Waals surface area contributed by atoms with Crippen LogP contribution in [-0.4, -0.2) is 23.4 Å². The molecule has 0 spiro atoms. The third-order valence-electron chi connectivity index (χ3n) is 3.90. The largest absolute Gasteiger partial charge is 0.340 e. The molecule has 1 unspecified atom stereocenters. The molecule has 0 radical (unpaired) electrons. The average Bonchev–Trinajstić information content (AvgIpc) is 2.70. The Hall–Kier alpha value is -0.530. The molecule has 1 amide bonds. The lowest BCUT2D eigenvalue weighted by molar-refractivity contribution is -0.133. The maximum Gasteiger partial charge on any atom is 0.219 e. The normalized spacial score (nSPS) is 29.5. The van der Waals surface area contributed by atoms with E-state index in [2.05, 4.69) is 4.90 Å². The first-order valence-electron chi connectivity index (χ1n) is 6.06. The van der Waals surface area contributed by atoms with Gasteiger partial charge in [0.25, 0.3) is 0 Å². The zero-order valence-electron chi connectivity index (χ0n) is 9.17. The van der Waals surface area contributed by atoms with Crippen molar-refractivity contribution in [3.8, 4) is 0 Å². The molecular formula is C12H21NO. The van der Waals surface area contributed by atoms with Crippen LogP contribution in [0.15, 0.2) is 0 Å². The standard InChI is InChI=1S/C12H21NO/c1-10(14)13-9-5-4-8-12(13)11-6-2-3-7-11/h11-12H,2-9H2,1H3. The predicted molar refractivity (Wildman–Crippen MR) is 57.0 cm³/mol. The van der Waals surface area contributed by atoms with Gasteiger partial charge in [-0.3, -0.25) is 4.79 Å². The summed E-state index contributed by atoms with van der Waals surface area (Å²) in [4.78, 5) is 13.6. The molecule has 1 atom stereocenters. The van der Waals surface area contributed by atoms with Gasteiger partial charge in [-0.2, -0.15) is 0 Å². The second-order valence-electron chi connectivity index (χ2n) is 4.82. The maximum atomic E-state index is 11.5. The van der Waals surface area contributed by atoms with Crippen LogP contribution < -0.4 is 0 Å². The second-order valence-corrected chi connectivity index (χ2v) is 4.82. The first-order valence-corrected chi connectivity index (χ1v) is 6.06. The molecule has 1 saturated carbocycles. The lowest BCUT2D eigenvalue weighted by Crippen LogP contribution is -2.46. The van der Waals surface area contributed by atoms with Crippen molar-refractivity contribution in [2.75, 3.05) is 6.54 Å². The summed E-state index contributed by atoms with van der Waals surface area (Å²) in [6.45, 7) is 2.74. The minimum Gasteiger partial charge on any atom is -0.340 e. The molecule has 1 aliphatic carbocycles. The van der Waals surface area contributed by atoms with Gasteiger partial charge in [-0.15, -0.1) is 0 Å². The number of carbonyl (C=O) groups excluding carboxylic acids is 1. The highest BCUT2D eigenvalue weighted by molar-refractivity contribution is 5.73. The summed E-state index contributed by atoms with van der Waals surface area (Å²) in [6.07, 6.45) is 9.26. The fraction of sp³-hybridized carbons (Fsp3) is 0.917. The Morgan fingerprint density at radius 3 is 2.36 bits per heavy atom. The van der Waals surface area contributed by atoms with Crippen LogP contribution >= 0.6 is 0 Å². The number of rotatable bonds is 1. The van der Waals surface area contributed by atoms with Crippen LogP contribution in [0.2, 0.25) is 0 Å². The van der Waals surface area contributed by atoms with Gasteiger partial charge in [-0.25, -0.2) is 0 Å². The molecule has 1 aliphatic heterocycles. The second kappa shape index (κ2) is 4.33. The van der Waals surface area contributed by atoms with Gasteiger partial charge in [0.05, 0.1) is 0 Å². The topological polar surface area (TPSA) is 20.3 Å². The Bertz CT molecular complexity index is 208. The molecule has 0 aromatic carbocycles. The van der Waals surface area contributed by atoms with Crippen LogP contribution in [0.1, 0.15) is 51.9 Å². The van der Waals surface area contributed by atoms with Crippen LogP contribution in [0.3, 0.4) is 0 Å². The Morgan fingerprint density at radius 1 is 1.07 bits per heavy atom. The third kappa shape index (κ3) is 1.94. The summed E-state index contributed by atoms with van der Waals surface area (Å²) in [5.74, 6) is 1.11. The number of carbonyl (C=O) groups is 1. The van der Waals surface area contributed by atoms with E-state index in [1.54, 1.807) is 6.92 Å². The highest BCUT2D eigenvalue weighted by atomic mass is 16.2. The lowest BCUT2D eigenvalue weighted by atomic mass is 9.89. The lowest BCUT2D eigenvalue weighted by Gasteiger charge is -2.38. The Labute approximate surface area is 86.7 Å². The molecule has 0 bridgehead atoms. The summed E-state index contributed by atoms with van der Waals surface area (Å²) in [6, 6.07) is 0.587. The van der Waals surface area contributed by atoms with Crippen molar-refractivity contribution in [1.29, 1.82) is 0 Å². The molecule has 80 valence electrons. The van der Waals surface area contributed by atoms with Crippen molar-refractivity contribution in [1.82, 2.24) is 4.90 Å². The highest BCUT2D eigenvalue weighted by Gasteiger charge is 2.32. The van der Waals surface area contributed by atoms with Crippen LogP contribution in [0.5, 0.6) is 0 Å². The predicted octanol–water partition coefficient (Wildman–Crippen LogP) is 2.58. The van der Waals surface area contributed by atoms with Gasteiger partial charge in [0.2, 0.25) is 5.91 Å². The molecule has 0 N–H and O–H groups in total. The van der Waals surface area contributed by atoms with E-state index in [9.17, 15) is 4.79 Å². The minimum absolute atomic E-state index is 0.293. The molecule has 2 nitrogen and oxygen atoms in total. The molecule has 0 aromatic heterocycles. The van der Waals surface area contributed by atoms with E-state index in [1.807, 2.05) is 0 Å². The Morgan fingerprint density at radius 2 is 1.71 bits per heavy atom. The molecule has 2 fully saturated rings. The number of amides is 1. The van der Waals surface area contributed by atoms with E-state index in [4.69, 9.17) is 0 Å². The van der Waals surface area contributed by atoms with Crippen molar-refractivity contribution < 1.29 is 4.79 Å². The zero-order valence-corrected chi connectivity index (χ0v) is 9.17. The van der Waals surface area contributed by atoms with Gasteiger partial charge in [0.1, 0.15) is 0 Å². The molecule has 1 saturated heterocycles. The van der Waals surface area contributed by atoms with Crippen LogP contribution in [-0.2, 0) is 4.79 Å². The van der Waals surface area contributed by atoms with E-state index in [-0.39, 0.29) is 0 Å². The number of hydrogen-bond acceptors (Lipinski definition) is 1. The molecule has 2 heteroatoms. The van der Waals surface area contributed by atoms with E-state index in [1.165, 1.54) is 44.9 Å². The molecule has 2 rings (SSSR count). The van der Waals surface area contributed by atoms with Gasteiger partial charge in [0.15, 0.2) is 0 Å². The summed E-state index contributed by atoms with van der Waals surface area (Å²) < 4.78 is 0. The fourth-order valence-corrected chi connectivity index (χ4v) is 3.18. The number of hydrogen-bond donors (Lipinski definition) is 0. The van der Waals surface area contributed by atoms with E-state index in [0.29, 0.717) is 11.9 Å². The van der Waals surface area contributed by atoms with E-state index >= 15 is 0 Å². The monoisotopic (exact) mass is 195 g/mol. The highest BCUT2D eigenvalue weighted by Crippen LogP contribution is 2.34. The van der Waals surface area contributed by atoms with Crippen LogP contribution in [0.25, 0.3) is 0 Å². The number of piperidine rings is 1. The number of nitrogens with zero attached hydrogens (tertiary/aromatic N) is 1. The van der Waals surface area contributed by atoms with Crippen molar-refractivity contribution in [3.05, 3.63) is 0 Å². The van der Waals surface area contributed by atoms with Crippen molar-refractivity contribution in [2.45, 2.75) is 57.9 Å². The first-order chi connectivity index (χ1) is 6.79. The van der Waals surface area contributed by atoms with Crippen molar-refractivity contribution in [3.63, 3.8) is 0 Å². The van der Waals surface area contributed by atoms with Gasteiger partial charge in [-0.05, 0) is 38.0 Å². The zero-order chi connectivity index (χ0) is 9.97. The molecule has 2 aliphatic rings. The van der Waals surface area contributed by atoms with Gasteiger partial charge in [-0.1, -0.05) is 12.8 Å². The maximum absolute atomic E-state index is 11.5. The minimum atomic E-state index is 0.293. The SMILES string of the molecule is CC(=O)N1CCCCC1C1CCCC1. The molecule has 14 heavy (non-hydrogen) atoms. The van der Waals surface area contributed by atoms with E-state index in [0.717, 1.165) is 12.5 Å². The van der Waals surface area contributed by atoms with Crippen LogP contribution in [0, 0.1) is 5.92 Å². The smallest absolute Gasteiger partial charge is 0.219 e. The molecule has 1 heterocycles. The average molecular weight is 195 g/mol. The summed E-state index contributed by atoms with van der Waals surface area (Å²) in [7, 11) is 0.